The van der Waals surface area contributed by atoms with Crippen LogP contribution in [-0.2, 0) is 4.79 Å². The van der Waals surface area contributed by atoms with Crippen molar-refractivity contribution >= 4 is 11.6 Å². The fraction of sp³-hybridized carbons (Fsp3) is 0.278. The number of hydrogen-bond acceptors (Lipinski definition) is 4. The van der Waals surface area contributed by atoms with E-state index in [4.69, 9.17) is 15.2 Å². The highest BCUT2D eigenvalue weighted by atomic mass is 16.5. The van der Waals surface area contributed by atoms with Crippen LogP contribution in [0.4, 0.5) is 5.69 Å². The fourth-order valence-corrected chi connectivity index (χ4v) is 1.96. The highest BCUT2D eigenvalue weighted by Gasteiger charge is 2.17. The van der Waals surface area contributed by atoms with Crippen LogP contribution in [0.15, 0.2) is 48.5 Å². The van der Waals surface area contributed by atoms with Crippen molar-refractivity contribution in [1.82, 2.24) is 0 Å². The lowest BCUT2D eigenvalue weighted by atomic mass is 10.1. The van der Waals surface area contributed by atoms with Gasteiger partial charge in [-0.15, -0.1) is 0 Å². The summed E-state index contributed by atoms with van der Waals surface area (Å²) >= 11 is 0. The van der Waals surface area contributed by atoms with Crippen molar-refractivity contribution in [3.8, 4) is 17.2 Å². The predicted octanol–water partition coefficient (Wildman–Crippen LogP) is 3.41. The van der Waals surface area contributed by atoms with Gasteiger partial charge >= 0.3 is 0 Å². The van der Waals surface area contributed by atoms with E-state index in [1.165, 1.54) is 0 Å². The number of anilines is 1. The Hall–Kier alpha value is -2.53. The maximum atomic E-state index is 11.9. The molecule has 0 spiro atoms. The largest absolute Gasteiger partial charge is 0.493 e. The minimum atomic E-state index is -0.528. The number of amides is 1. The molecule has 1 unspecified atom stereocenters. The zero-order chi connectivity index (χ0) is 16.8. The first kappa shape index (κ1) is 16.8. The summed E-state index contributed by atoms with van der Waals surface area (Å²) in [6.07, 6.45) is 0. The topological polar surface area (TPSA) is 73.6 Å². The smallest absolute Gasteiger partial charge is 0.241 e. The number of nitrogens with two attached hydrogens (primary N) is 1. The number of methoxy groups -OCH3 is 1. The lowest BCUT2D eigenvalue weighted by Gasteiger charge is -2.15. The first-order valence-electron chi connectivity index (χ1n) is 7.48. The normalized spacial score (nSPS) is 11.9. The van der Waals surface area contributed by atoms with Crippen LogP contribution in [0, 0.1) is 5.92 Å². The third-order valence-corrected chi connectivity index (χ3v) is 3.44. The molecule has 23 heavy (non-hydrogen) atoms. The molecule has 0 aliphatic heterocycles. The van der Waals surface area contributed by atoms with Crippen LogP contribution in [0.5, 0.6) is 17.2 Å². The van der Waals surface area contributed by atoms with Crippen molar-refractivity contribution in [3.63, 3.8) is 0 Å². The quantitative estimate of drug-likeness (QED) is 0.857. The average molecular weight is 314 g/mol. The van der Waals surface area contributed by atoms with Crippen molar-refractivity contribution in [2.45, 2.75) is 19.9 Å². The summed E-state index contributed by atoms with van der Waals surface area (Å²) in [5.74, 6) is 1.84. The summed E-state index contributed by atoms with van der Waals surface area (Å²) in [6.45, 7) is 3.82. The first-order chi connectivity index (χ1) is 11.0. The average Bonchev–Trinajstić information content (AvgIpc) is 2.56. The van der Waals surface area contributed by atoms with E-state index in [2.05, 4.69) is 5.32 Å². The van der Waals surface area contributed by atoms with E-state index in [1.807, 2.05) is 38.1 Å². The third kappa shape index (κ3) is 4.47. The molecule has 0 aliphatic carbocycles. The van der Waals surface area contributed by atoms with Gasteiger partial charge in [0.2, 0.25) is 5.91 Å². The maximum absolute atomic E-state index is 11.9. The second kappa shape index (κ2) is 7.65. The number of rotatable bonds is 6. The SMILES string of the molecule is COc1ccccc1Oc1ccc(NC(=O)C(N)C(C)C)cc1. The molecular weight excluding hydrogens is 292 g/mol. The number of nitrogens with one attached hydrogen (secondary N) is 1. The number of hydrogen-bond donors (Lipinski definition) is 2. The molecule has 1 amide bonds. The molecule has 0 saturated heterocycles. The lowest BCUT2D eigenvalue weighted by Crippen LogP contribution is -2.39. The summed E-state index contributed by atoms with van der Waals surface area (Å²) in [4.78, 5) is 11.9. The second-order valence-electron chi connectivity index (χ2n) is 5.54. The number of ether oxygens (including phenoxy) is 2. The molecule has 2 rings (SSSR count). The summed E-state index contributed by atoms with van der Waals surface area (Å²) in [5.41, 5.74) is 6.50. The molecule has 1 atom stereocenters. The molecule has 0 saturated carbocycles. The number of carbonyl (C=O) groups excluding carboxylic acids is 1. The Bertz CT molecular complexity index is 654. The van der Waals surface area contributed by atoms with Gasteiger partial charge in [-0.25, -0.2) is 0 Å². The van der Waals surface area contributed by atoms with Crippen LogP contribution in [0.1, 0.15) is 13.8 Å². The predicted molar refractivity (Wildman–Crippen MR) is 91.0 cm³/mol. The van der Waals surface area contributed by atoms with Crippen molar-refractivity contribution in [2.24, 2.45) is 11.7 Å². The minimum absolute atomic E-state index is 0.0863. The Morgan fingerprint density at radius 3 is 2.22 bits per heavy atom. The molecule has 0 aliphatic rings. The van der Waals surface area contributed by atoms with E-state index in [9.17, 15) is 4.79 Å². The highest BCUT2D eigenvalue weighted by molar-refractivity contribution is 5.94. The monoisotopic (exact) mass is 314 g/mol. The lowest BCUT2D eigenvalue weighted by molar-refractivity contribution is -0.118. The van der Waals surface area contributed by atoms with Gasteiger partial charge in [-0.3, -0.25) is 4.79 Å². The van der Waals surface area contributed by atoms with Crippen molar-refractivity contribution in [1.29, 1.82) is 0 Å². The van der Waals surface area contributed by atoms with Crippen molar-refractivity contribution in [2.75, 3.05) is 12.4 Å². The zero-order valence-electron chi connectivity index (χ0n) is 13.6. The molecule has 0 heterocycles. The van der Waals surface area contributed by atoms with Gasteiger partial charge in [0, 0.05) is 5.69 Å². The van der Waals surface area contributed by atoms with Gasteiger partial charge in [0.25, 0.3) is 0 Å². The Morgan fingerprint density at radius 2 is 1.65 bits per heavy atom. The van der Waals surface area contributed by atoms with Gasteiger partial charge in [-0.2, -0.15) is 0 Å². The van der Waals surface area contributed by atoms with Gasteiger partial charge < -0.3 is 20.5 Å². The summed E-state index contributed by atoms with van der Waals surface area (Å²) < 4.78 is 11.0. The Labute approximate surface area is 136 Å². The Morgan fingerprint density at radius 1 is 1.04 bits per heavy atom. The molecule has 0 aromatic heterocycles. The van der Waals surface area contributed by atoms with E-state index < -0.39 is 6.04 Å². The van der Waals surface area contributed by atoms with Crippen molar-refractivity contribution in [3.05, 3.63) is 48.5 Å². The Kier molecular flexibility index (Phi) is 5.60. The molecule has 2 aromatic rings. The van der Waals surface area contributed by atoms with Gasteiger partial charge in [0.1, 0.15) is 5.75 Å². The highest BCUT2D eigenvalue weighted by Crippen LogP contribution is 2.31. The van der Waals surface area contributed by atoms with Crippen LogP contribution in [0.3, 0.4) is 0 Å². The van der Waals surface area contributed by atoms with Crippen LogP contribution in [0.2, 0.25) is 0 Å². The first-order valence-corrected chi connectivity index (χ1v) is 7.48. The standard InChI is InChI=1S/C18H22N2O3/c1-12(2)17(19)18(21)20-13-8-10-14(11-9-13)23-16-7-5-4-6-15(16)22-3/h4-12,17H,19H2,1-3H3,(H,20,21). The van der Waals surface area contributed by atoms with Gasteiger partial charge in [-0.1, -0.05) is 26.0 Å². The van der Waals surface area contributed by atoms with Gasteiger partial charge in [-0.05, 0) is 42.3 Å². The van der Waals surface area contributed by atoms with Crippen LogP contribution < -0.4 is 20.5 Å². The second-order valence-corrected chi connectivity index (χ2v) is 5.54. The van der Waals surface area contributed by atoms with E-state index in [1.54, 1.807) is 31.4 Å². The molecule has 2 aromatic carbocycles. The van der Waals surface area contributed by atoms with Gasteiger partial charge in [0.05, 0.1) is 13.2 Å². The summed E-state index contributed by atoms with van der Waals surface area (Å²) in [6, 6.07) is 14.0. The molecule has 122 valence electrons. The Balaban J connectivity index is 2.04. The maximum Gasteiger partial charge on any atom is 0.241 e. The molecule has 5 heteroatoms. The summed E-state index contributed by atoms with van der Waals surface area (Å²) in [7, 11) is 1.60. The number of benzene rings is 2. The molecule has 0 fully saturated rings. The minimum Gasteiger partial charge on any atom is -0.493 e. The van der Waals surface area contributed by atoms with E-state index >= 15 is 0 Å². The molecule has 5 nitrogen and oxygen atoms in total. The number of carbonyl (C=O) groups is 1. The van der Waals surface area contributed by atoms with E-state index in [0.29, 0.717) is 22.9 Å². The zero-order valence-corrected chi connectivity index (χ0v) is 13.6. The molecule has 0 bridgehead atoms. The van der Waals surface area contributed by atoms with E-state index in [0.717, 1.165) is 0 Å². The van der Waals surface area contributed by atoms with Crippen molar-refractivity contribution < 1.29 is 14.3 Å². The molecule has 3 N–H and O–H groups in total. The molecular formula is C18H22N2O3. The van der Waals surface area contributed by atoms with Crippen LogP contribution in [-0.4, -0.2) is 19.1 Å². The van der Waals surface area contributed by atoms with Crippen LogP contribution >= 0.6 is 0 Å². The van der Waals surface area contributed by atoms with E-state index in [-0.39, 0.29) is 11.8 Å². The third-order valence-electron chi connectivity index (χ3n) is 3.44. The number of para-hydroxylation sites is 2. The fourth-order valence-electron chi connectivity index (χ4n) is 1.96. The van der Waals surface area contributed by atoms with Crippen LogP contribution in [0.25, 0.3) is 0 Å². The summed E-state index contributed by atoms with van der Waals surface area (Å²) in [5, 5.41) is 2.79. The molecule has 0 radical (unpaired) electrons. The van der Waals surface area contributed by atoms with Gasteiger partial charge in [0.15, 0.2) is 11.5 Å².